The standard InChI is InChI=1S/C18H23N3O3/c1-20-15-10-21(7-6-14(15)17(19-20)18(23)24)16(22)9-13-8-11-2-4-12(13)5-3-11/h2,4,11-13H,3,5-10H2,1H3,(H,23,24)/t11-,12+,13+/m1/s1. The van der Waals surface area contributed by atoms with Crippen molar-refractivity contribution in [1.29, 1.82) is 0 Å². The summed E-state index contributed by atoms with van der Waals surface area (Å²) in [7, 11) is 1.75. The number of amides is 1. The predicted octanol–water partition coefficient (Wildman–Crippen LogP) is 2.00. The van der Waals surface area contributed by atoms with Gasteiger partial charge in [-0.3, -0.25) is 9.48 Å². The number of aromatic nitrogens is 2. The van der Waals surface area contributed by atoms with Gasteiger partial charge in [0.25, 0.3) is 0 Å². The zero-order valence-corrected chi connectivity index (χ0v) is 13.9. The van der Waals surface area contributed by atoms with Gasteiger partial charge in [-0.2, -0.15) is 5.10 Å². The summed E-state index contributed by atoms with van der Waals surface area (Å²) in [6, 6.07) is 0. The van der Waals surface area contributed by atoms with Gasteiger partial charge in [-0.05, 0) is 43.4 Å². The molecule has 1 N–H and O–H groups in total. The Balaban J connectivity index is 1.46. The topological polar surface area (TPSA) is 75.4 Å². The molecule has 4 aliphatic rings. The number of aryl methyl sites for hydroxylation is 1. The molecule has 1 aromatic heterocycles. The number of hydrogen-bond donors (Lipinski definition) is 1. The van der Waals surface area contributed by atoms with Crippen LogP contribution in [-0.2, 0) is 24.8 Å². The molecule has 2 heterocycles. The highest BCUT2D eigenvalue weighted by molar-refractivity contribution is 5.87. The van der Waals surface area contributed by atoms with E-state index in [-0.39, 0.29) is 11.6 Å². The van der Waals surface area contributed by atoms with Gasteiger partial charge in [-0.15, -0.1) is 0 Å². The van der Waals surface area contributed by atoms with Gasteiger partial charge in [-0.1, -0.05) is 12.2 Å². The average Bonchev–Trinajstić information content (AvgIpc) is 2.93. The maximum Gasteiger partial charge on any atom is 0.356 e. The van der Waals surface area contributed by atoms with Crippen LogP contribution in [0.5, 0.6) is 0 Å². The normalized spacial score (nSPS) is 28.0. The quantitative estimate of drug-likeness (QED) is 0.861. The lowest BCUT2D eigenvalue weighted by atomic mass is 9.68. The fourth-order valence-corrected chi connectivity index (χ4v) is 4.59. The van der Waals surface area contributed by atoms with Crippen molar-refractivity contribution in [2.24, 2.45) is 24.8 Å². The van der Waals surface area contributed by atoms with E-state index in [1.165, 1.54) is 12.8 Å². The number of allylic oxidation sites excluding steroid dienone is 2. The summed E-state index contributed by atoms with van der Waals surface area (Å²) in [5.41, 5.74) is 1.78. The third-order valence-corrected chi connectivity index (χ3v) is 5.95. The molecule has 24 heavy (non-hydrogen) atoms. The Hall–Kier alpha value is -2.11. The van der Waals surface area contributed by atoms with Crippen LogP contribution in [0.3, 0.4) is 0 Å². The average molecular weight is 329 g/mol. The fraction of sp³-hybridized carbons (Fsp3) is 0.611. The zero-order chi connectivity index (χ0) is 16.8. The van der Waals surface area contributed by atoms with Gasteiger partial charge in [0.05, 0.1) is 12.2 Å². The maximum atomic E-state index is 12.8. The van der Waals surface area contributed by atoms with E-state index in [1.54, 1.807) is 11.7 Å². The third-order valence-electron chi connectivity index (χ3n) is 5.95. The molecule has 3 atom stereocenters. The third kappa shape index (κ3) is 2.54. The van der Waals surface area contributed by atoms with Crippen molar-refractivity contribution in [3.8, 4) is 0 Å². The van der Waals surface area contributed by atoms with E-state index in [4.69, 9.17) is 0 Å². The summed E-state index contributed by atoms with van der Waals surface area (Å²) in [6.45, 7) is 1.07. The largest absolute Gasteiger partial charge is 0.476 e. The molecule has 0 radical (unpaired) electrons. The number of rotatable bonds is 3. The van der Waals surface area contributed by atoms with Crippen LogP contribution < -0.4 is 0 Å². The van der Waals surface area contributed by atoms with Crippen LogP contribution in [0.15, 0.2) is 12.2 Å². The molecule has 0 spiro atoms. The smallest absolute Gasteiger partial charge is 0.356 e. The second-order valence-electron chi connectivity index (χ2n) is 7.35. The first-order valence-electron chi connectivity index (χ1n) is 8.77. The highest BCUT2D eigenvalue weighted by atomic mass is 16.4. The number of carbonyl (C=O) groups excluding carboxylic acids is 1. The molecule has 1 saturated carbocycles. The highest BCUT2D eigenvalue weighted by Gasteiger charge is 2.35. The van der Waals surface area contributed by atoms with Crippen molar-refractivity contribution in [2.75, 3.05) is 6.54 Å². The van der Waals surface area contributed by atoms with Crippen LogP contribution in [0.4, 0.5) is 0 Å². The number of aromatic carboxylic acids is 1. The number of hydrogen-bond acceptors (Lipinski definition) is 3. The Kier molecular flexibility index (Phi) is 3.70. The summed E-state index contributed by atoms with van der Waals surface area (Å²) in [5.74, 6) is 0.913. The molecule has 1 aliphatic heterocycles. The zero-order valence-electron chi connectivity index (χ0n) is 13.9. The van der Waals surface area contributed by atoms with Crippen LogP contribution in [0.1, 0.15) is 47.4 Å². The van der Waals surface area contributed by atoms with Gasteiger partial charge in [0.2, 0.25) is 5.91 Å². The van der Waals surface area contributed by atoms with Crippen LogP contribution in [0.2, 0.25) is 0 Å². The van der Waals surface area contributed by atoms with E-state index in [9.17, 15) is 14.7 Å². The van der Waals surface area contributed by atoms with Gasteiger partial charge < -0.3 is 10.0 Å². The Bertz CT molecular complexity index is 721. The number of carbonyl (C=O) groups is 2. The van der Waals surface area contributed by atoms with Gasteiger partial charge in [0.15, 0.2) is 5.69 Å². The molecular weight excluding hydrogens is 306 g/mol. The highest BCUT2D eigenvalue weighted by Crippen LogP contribution is 2.42. The predicted molar refractivity (Wildman–Crippen MR) is 87.4 cm³/mol. The molecule has 1 fully saturated rings. The monoisotopic (exact) mass is 329 g/mol. The van der Waals surface area contributed by atoms with Crippen molar-refractivity contribution in [1.82, 2.24) is 14.7 Å². The van der Waals surface area contributed by atoms with E-state index in [1.807, 2.05) is 4.90 Å². The van der Waals surface area contributed by atoms with E-state index in [0.29, 0.717) is 43.7 Å². The SMILES string of the molecule is Cn1nc(C(=O)O)c2c1CN(C(=O)C[C@@H]1C[C@@H]3C=C[C@H]1CC3)CC2. The summed E-state index contributed by atoms with van der Waals surface area (Å²) in [6.07, 6.45) is 9.45. The first kappa shape index (κ1) is 15.4. The summed E-state index contributed by atoms with van der Waals surface area (Å²) in [4.78, 5) is 25.9. The molecule has 0 saturated heterocycles. The molecule has 2 bridgehead atoms. The molecule has 1 aromatic rings. The number of nitrogens with zero attached hydrogens (tertiary/aromatic N) is 3. The second-order valence-corrected chi connectivity index (χ2v) is 7.35. The van der Waals surface area contributed by atoms with Crippen molar-refractivity contribution in [3.63, 3.8) is 0 Å². The molecule has 0 unspecified atom stereocenters. The van der Waals surface area contributed by atoms with Crippen molar-refractivity contribution in [2.45, 2.75) is 38.6 Å². The minimum atomic E-state index is -0.989. The van der Waals surface area contributed by atoms with Gasteiger partial charge in [-0.25, -0.2) is 4.79 Å². The van der Waals surface area contributed by atoms with Gasteiger partial charge in [0, 0.05) is 25.6 Å². The van der Waals surface area contributed by atoms with Crippen molar-refractivity contribution >= 4 is 11.9 Å². The molecular formula is C18H23N3O3. The van der Waals surface area contributed by atoms with E-state index in [0.717, 1.165) is 17.7 Å². The molecule has 6 nitrogen and oxygen atoms in total. The lowest BCUT2D eigenvalue weighted by molar-refractivity contribution is -0.134. The minimum absolute atomic E-state index is 0.134. The summed E-state index contributed by atoms with van der Waals surface area (Å²) in [5, 5.41) is 13.3. The molecule has 1 amide bonds. The Labute approximate surface area is 141 Å². The molecule has 6 heteroatoms. The Morgan fingerprint density at radius 1 is 1.33 bits per heavy atom. The Morgan fingerprint density at radius 2 is 2.17 bits per heavy atom. The van der Waals surface area contributed by atoms with Crippen LogP contribution in [0.25, 0.3) is 0 Å². The molecule has 5 rings (SSSR count). The summed E-state index contributed by atoms with van der Waals surface area (Å²) >= 11 is 0. The summed E-state index contributed by atoms with van der Waals surface area (Å²) < 4.78 is 1.61. The second kappa shape index (κ2) is 5.76. The number of carboxylic acids is 1. The Morgan fingerprint density at radius 3 is 2.79 bits per heavy atom. The molecule has 3 aliphatic carbocycles. The number of fused-ring (bicyclic) bond motifs is 3. The first-order chi connectivity index (χ1) is 11.5. The van der Waals surface area contributed by atoms with Crippen LogP contribution >= 0.6 is 0 Å². The van der Waals surface area contributed by atoms with Gasteiger partial charge >= 0.3 is 5.97 Å². The lowest BCUT2D eigenvalue weighted by Crippen LogP contribution is -2.39. The van der Waals surface area contributed by atoms with Gasteiger partial charge in [0.1, 0.15) is 0 Å². The first-order valence-corrected chi connectivity index (χ1v) is 8.77. The van der Waals surface area contributed by atoms with Crippen LogP contribution in [-0.4, -0.2) is 38.2 Å². The van der Waals surface area contributed by atoms with Crippen molar-refractivity contribution in [3.05, 3.63) is 29.1 Å². The maximum absolute atomic E-state index is 12.8. The van der Waals surface area contributed by atoms with E-state index >= 15 is 0 Å². The minimum Gasteiger partial charge on any atom is -0.476 e. The lowest BCUT2D eigenvalue weighted by Gasteiger charge is -2.39. The van der Waals surface area contributed by atoms with Crippen LogP contribution in [0, 0.1) is 17.8 Å². The fourth-order valence-electron chi connectivity index (χ4n) is 4.59. The van der Waals surface area contributed by atoms with Crippen molar-refractivity contribution < 1.29 is 14.7 Å². The molecule has 128 valence electrons. The van der Waals surface area contributed by atoms with E-state index in [2.05, 4.69) is 17.3 Å². The number of carboxylic acid groups (broad SMARTS) is 1. The van der Waals surface area contributed by atoms with E-state index < -0.39 is 5.97 Å². The molecule has 0 aromatic carbocycles.